The van der Waals surface area contributed by atoms with Gasteiger partial charge in [0, 0.05) is 12.7 Å². The summed E-state index contributed by atoms with van der Waals surface area (Å²) in [6.07, 6.45) is 1.87. The topological polar surface area (TPSA) is 42.0 Å². The maximum atomic E-state index is 11.5. The van der Waals surface area contributed by atoms with Gasteiger partial charge in [0.1, 0.15) is 0 Å². The van der Waals surface area contributed by atoms with E-state index in [1.807, 2.05) is 13.0 Å². The van der Waals surface area contributed by atoms with Crippen molar-refractivity contribution in [1.29, 1.82) is 0 Å². The largest absolute Gasteiger partial charge is 0.359 e. The number of amides is 1. The minimum Gasteiger partial charge on any atom is -0.359 e. The van der Waals surface area contributed by atoms with Crippen LogP contribution in [0.1, 0.15) is 29.3 Å². The predicted molar refractivity (Wildman–Crippen MR) is 54.1 cm³/mol. The maximum absolute atomic E-state index is 11.5. The molecule has 1 aliphatic carbocycles. The van der Waals surface area contributed by atoms with Gasteiger partial charge >= 0.3 is 0 Å². The van der Waals surface area contributed by atoms with Gasteiger partial charge in [-0.2, -0.15) is 0 Å². The van der Waals surface area contributed by atoms with Gasteiger partial charge in [-0.15, -0.1) is 0 Å². The molecule has 0 saturated carbocycles. The Labute approximate surface area is 83.5 Å². The van der Waals surface area contributed by atoms with Crippen LogP contribution in [0.15, 0.2) is 12.1 Å². The van der Waals surface area contributed by atoms with Gasteiger partial charge in [-0.25, -0.2) is 0 Å². The summed E-state index contributed by atoms with van der Waals surface area (Å²) >= 11 is 0. The van der Waals surface area contributed by atoms with Crippen molar-refractivity contribution >= 4 is 5.91 Å². The molecular formula is C11H14N2O. The van der Waals surface area contributed by atoms with Crippen molar-refractivity contribution in [3.63, 3.8) is 0 Å². The lowest BCUT2D eigenvalue weighted by molar-refractivity contribution is -0.122. The van der Waals surface area contributed by atoms with Gasteiger partial charge in [0.2, 0.25) is 5.91 Å². The van der Waals surface area contributed by atoms with E-state index < -0.39 is 0 Å². The summed E-state index contributed by atoms with van der Waals surface area (Å²) in [6.45, 7) is 1.96. The van der Waals surface area contributed by atoms with Crippen LogP contribution in [0, 0.1) is 6.92 Å². The predicted octanol–water partition coefficient (Wildman–Crippen LogP) is 1.17. The standard InChI is InChI=1S/C11H14N2O/c1-7-3-4-8-5-6-9(10(8)13-7)11(14)12-2/h3-4,9H,5-6H2,1-2H3,(H,12,14)/t9-/m1/s1. The van der Waals surface area contributed by atoms with Crippen molar-refractivity contribution in [2.75, 3.05) is 7.05 Å². The molecule has 1 aliphatic rings. The smallest absolute Gasteiger partial charge is 0.228 e. The van der Waals surface area contributed by atoms with E-state index in [0.717, 1.165) is 24.2 Å². The molecule has 14 heavy (non-hydrogen) atoms. The van der Waals surface area contributed by atoms with Crippen LogP contribution < -0.4 is 5.32 Å². The number of fused-ring (bicyclic) bond motifs is 1. The van der Waals surface area contributed by atoms with E-state index in [0.29, 0.717) is 0 Å². The summed E-state index contributed by atoms with van der Waals surface area (Å²) in [4.78, 5) is 16.0. The second-order valence-electron chi connectivity index (χ2n) is 3.70. The summed E-state index contributed by atoms with van der Waals surface area (Å²) in [5.74, 6) is 0.0525. The first kappa shape index (κ1) is 9.19. The third-order valence-corrected chi connectivity index (χ3v) is 2.75. The lowest BCUT2D eigenvalue weighted by Gasteiger charge is -2.08. The maximum Gasteiger partial charge on any atom is 0.228 e. The Morgan fingerprint density at radius 2 is 2.36 bits per heavy atom. The van der Waals surface area contributed by atoms with Crippen LogP contribution in [0.25, 0.3) is 0 Å². The third-order valence-electron chi connectivity index (χ3n) is 2.75. The first-order valence-corrected chi connectivity index (χ1v) is 4.90. The van der Waals surface area contributed by atoms with E-state index in [-0.39, 0.29) is 11.8 Å². The molecule has 3 heteroatoms. The number of nitrogens with zero attached hydrogens (tertiary/aromatic N) is 1. The van der Waals surface area contributed by atoms with E-state index >= 15 is 0 Å². The van der Waals surface area contributed by atoms with Crippen LogP contribution in [0.4, 0.5) is 0 Å². The molecule has 0 spiro atoms. The van der Waals surface area contributed by atoms with Crippen LogP contribution in [0.2, 0.25) is 0 Å². The molecule has 1 aromatic rings. The molecule has 74 valence electrons. The highest BCUT2D eigenvalue weighted by Gasteiger charge is 2.29. The van der Waals surface area contributed by atoms with Crippen molar-refractivity contribution in [2.24, 2.45) is 0 Å². The summed E-state index contributed by atoms with van der Waals surface area (Å²) < 4.78 is 0. The van der Waals surface area contributed by atoms with Gasteiger partial charge < -0.3 is 5.32 Å². The Kier molecular flexibility index (Phi) is 2.23. The van der Waals surface area contributed by atoms with Crippen molar-refractivity contribution in [3.8, 4) is 0 Å². The molecule has 0 radical (unpaired) electrons. The summed E-state index contributed by atoms with van der Waals surface area (Å²) in [5.41, 5.74) is 3.19. The highest BCUT2D eigenvalue weighted by molar-refractivity contribution is 5.84. The second-order valence-corrected chi connectivity index (χ2v) is 3.70. The summed E-state index contributed by atoms with van der Waals surface area (Å²) in [7, 11) is 1.68. The van der Waals surface area contributed by atoms with Gasteiger partial charge in [-0.1, -0.05) is 6.07 Å². The average molecular weight is 190 g/mol. The number of carbonyl (C=O) groups is 1. The third kappa shape index (κ3) is 1.39. The Balaban J connectivity index is 2.38. The molecule has 1 atom stereocenters. The first-order chi connectivity index (χ1) is 6.72. The molecule has 1 heterocycles. The minimum atomic E-state index is -0.0325. The van der Waals surface area contributed by atoms with E-state index in [4.69, 9.17) is 0 Å². The molecule has 1 amide bonds. The highest BCUT2D eigenvalue weighted by Crippen LogP contribution is 2.31. The fourth-order valence-electron chi connectivity index (χ4n) is 1.98. The van der Waals surface area contributed by atoms with Crippen LogP contribution in [-0.4, -0.2) is 17.9 Å². The molecule has 3 nitrogen and oxygen atoms in total. The van der Waals surface area contributed by atoms with Gasteiger partial charge in [0.25, 0.3) is 0 Å². The molecule has 0 aliphatic heterocycles. The fraction of sp³-hybridized carbons (Fsp3) is 0.455. The molecule has 1 aromatic heterocycles. The number of aryl methyl sites for hydroxylation is 2. The van der Waals surface area contributed by atoms with Crippen LogP contribution in [0.3, 0.4) is 0 Å². The molecule has 0 bridgehead atoms. The SMILES string of the molecule is CNC(=O)[C@@H]1CCc2ccc(C)nc21. The number of nitrogens with one attached hydrogen (secondary N) is 1. The average Bonchev–Trinajstić information content (AvgIpc) is 2.59. The molecule has 0 fully saturated rings. The zero-order valence-corrected chi connectivity index (χ0v) is 8.50. The minimum absolute atomic E-state index is 0.0325. The number of likely N-dealkylation sites (N-methyl/N-ethyl adjacent to an activating group) is 1. The van der Waals surface area contributed by atoms with Crippen LogP contribution in [0.5, 0.6) is 0 Å². The lowest BCUT2D eigenvalue weighted by Crippen LogP contribution is -2.24. The van der Waals surface area contributed by atoms with E-state index in [1.54, 1.807) is 7.05 Å². The summed E-state index contributed by atoms with van der Waals surface area (Å²) in [6, 6.07) is 4.09. The van der Waals surface area contributed by atoms with Crippen molar-refractivity contribution < 1.29 is 4.79 Å². The molecule has 0 saturated heterocycles. The number of aromatic nitrogens is 1. The van der Waals surface area contributed by atoms with Gasteiger partial charge in [0.15, 0.2) is 0 Å². The van der Waals surface area contributed by atoms with Crippen LogP contribution >= 0.6 is 0 Å². The van der Waals surface area contributed by atoms with E-state index in [2.05, 4.69) is 16.4 Å². The van der Waals surface area contributed by atoms with Crippen LogP contribution in [-0.2, 0) is 11.2 Å². The van der Waals surface area contributed by atoms with Crippen molar-refractivity contribution in [3.05, 3.63) is 29.1 Å². The lowest BCUT2D eigenvalue weighted by atomic mass is 10.1. The highest BCUT2D eigenvalue weighted by atomic mass is 16.1. The van der Waals surface area contributed by atoms with E-state index in [9.17, 15) is 4.79 Å². The number of rotatable bonds is 1. The second kappa shape index (κ2) is 3.40. The van der Waals surface area contributed by atoms with Gasteiger partial charge in [-0.3, -0.25) is 9.78 Å². The fourth-order valence-corrected chi connectivity index (χ4v) is 1.98. The molecular weight excluding hydrogens is 176 g/mol. The quantitative estimate of drug-likeness (QED) is 0.722. The van der Waals surface area contributed by atoms with Crippen molar-refractivity contribution in [1.82, 2.24) is 10.3 Å². The Morgan fingerprint density at radius 1 is 1.57 bits per heavy atom. The summed E-state index contributed by atoms with van der Waals surface area (Å²) in [5, 5.41) is 2.69. The zero-order valence-electron chi connectivity index (χ0n) is 8.50. The first-order valence-electron chi connectivity index (χ1n) is 4.90. The molecule has 2 rings (SSSR count). The normalized spacial score (nSPS) is 19.1. The van der Waals surface area contributed by atoms with Gasteiger partial charge in [-0.05, 0) is 31.4 Å². The molecule has 0 aromatic carbocycles. The zero-order chi connectivity index (χ0) is 10.1. The Bertz CT molecular complexity index is 374. The van der Waals surface area contributed by atoms with E-state index in [1.165, 1.54) is 5.56 Å². The Morgan fingerprint density at radius 3 is 3.07 bits per heavy atom. The Hall–Kier alpha value is -1.38. The molecule has 0 unspecified atom stereocenters. The van der Waals surface area contributed by atoms with Gasteiger partial charge in [0.05, 0.1) is 11.6 Å². The number of carbonyl (C=O) groups excluding carboxylic acids is 1. The molecule has 1 N–H and O–H groups in total. The monoisotopic (exact) mass is 190 g/mol. The number of hydrogen-bond donors (Lipinski definition) is 1. The number of hydrogen-bond acceptors (Lipinski definition) is 2. The number of pyridine rings is 1. The van der Waals surface area contributed by atoms with Crippen molar-refractivity contribution in [2.45, 2.75) is 25.7 Å².